The number of halogens is 1. The Labute approximate surface area is 124 Å². The van der Waals surface area contributed by atoms with Crippen LogP contribution in [0.25, 0.3) is 11.1 Å². The van der Waals surface area contributed by atoms with Gasteiger partial charge in [-0.2, -0.15) is 0 Å². The number of alkyl halides is 1. The molecule has 2 nitrogen and oxygen atoms in total. The van der Waals surface area contributed by atoms with E-state index in [1.54, 1.807) is 0 Å². The van der Waals surface area contributed by atoms with Gasteiger partial charge in [-0.15, -0.1) is 11.6 Å². The second kappa shape index (κ2) is 7.71. The first-order valence-corrected chi connectivity index (χ1v) is 7.35. The predicted octanol–water partition coefficient (Wildman–Crippen LogP) is 4.70. The molecule has 0 aliphatic heterocycles. The Kier molecular flexibility index (Phi) is 5.63. The van der Waals surface area contributed by atoms with Gasteiger partial charge in [-0.3, -0.25) is 4.79 Å². The molecule has 0 aliphatic carbocycles. The number of benzene rings is 2. The summed E-state index contributed by atoms with van der Waals surface area (Å²) in [6.45, 7) is 0. The molecule has 0 atom stereocenters. The molecule has 2 rings (SSSR count). The second-order valence-corrected chi connectivity index (χ2v) is 4.98. The van der Waals surface area contributed by atoms with Crippen LogP contribution in [0.4, 0.5) is 5.69 Å². The zero-order valence-corrected chi connectivity index (χ0v) is 12.1. The third-order valence-electron chi connectivity index (χ3n) is 3.07. The van der Waals surface area contributed by atoms with Gasteiger partial charge in [-0.1, -0.05) is 48.5 Å². The molecule has 0 bridgehead atoms. The molecule has 1 amide bonds. The van der Waals surface area contributed by atoms with Crippen LogP contribution < -0.4 is 5.32 Å². The molecule has 0 fully saturated rings. The van der Waals surface area contributed by atoms with E-state index in [0.29, 0.717) is 12.3 Å². The van der Waals surface area contributed by atoms with E-state index in [0.717, 1.165) is 29.7 Å². The summed E-state index contributed by atoms with van der Waals surface area (Å²) in [6, 6.07) is 17.9. The molecule has 0 spiro atoms. The first-order valence-electron chi connectivity index (χ1n) is 6.81. The van der Waals surface area contributed by atoms with Gasteiger partial charge in [-0.05, 0) is 24.5 Å². The normalized spacial score (nSPS) is 10.2. The molecule has 0 aromatic heterocycles. The maximum Gasteiger partial charge on any atom is 0.224 e. The number of rotatable bonds is 6. The van der Waals surface area contributed by atoms with Crippen LogP contribution in [0.3, 0.4) is 0 Å². The van der Waals surface area contributed by atoms with Crippen molar-refractivity contribution in [3.63, 3.8) is 0 Å². The lowest BCUT2D eigenvalue weighted by Crippen LogP contribution is -2.11. The molecule has 0 radical (unpaired) electrons. The number of carbonyl (C=O) groups is 1. The van der Waals surface area contributed by atoms with Gasteiger partial charge in [0.25, 0.3) is 0 Å². The number of amides is 1. The Bertz CT molecular complexity index is 554. The lowest BCUT2D eigenvalue weighted by atomic mass is 10.0. The van der Waals surface area contributed by atoms with Crippen molar-refractivity contribution in [2.75, 3.05) is 11.2 Å². The van der Waals surface area contributed by atoms with Crippen molar-refractivity contribution in [2.24, 2.45) is 0 Å². The van der Waals surface area contributed by atoms with Crippen LogP contribution in [-0.4, -0.2) is 11.8 Å². The molecular formula is C17H18ClNO. The maximum atomic E-state index is 11.9. The van der Waals surface area contributed by atoms with E-state index in [2.05, 4.69) is 5.32 Å². The fourth-order valence-electron chi connectivity index (χ4n) is 2.05. The summed E-state index contributed by atoms with van der Waals surface area (Å²) in [4.78, 5) is 11.9. The summed E-state index contributed by atoms with van der Waals surface area (Å²) in [5.41, 5.74) is 3.00. The lowest BCUT2D eigenvalue weighted by Gasteiger charge is -2.11. The van der Waals surface area contributed by atoms with Crippen molar-refractivity contribution in [3.8, 4) is 11.1 Å². The summed E-state index contributed by atoms with van der Waals surface area (Å²) in [6.07, 6.45) is 2.20. The molecule has 0 aliphatic rings. The quantitative estimate of drug-likeness (QED) is 0.605. The Morgan fingerprint density at radius 3 is 2.40 bits per heavy atom. The van der Waals surface area contributed by atoms with Crippen molar-refractivity contribution >= 4 is 23.2 Å². The average molecular weight is 288 g/mol. The highest BCUT2D eigenvalue weighted by Gasteiger charge is 2.07. The van der Waals surface area contributed by atoms with Gasteiger partial charge < -0.3 is 5.32 Å². The Morgan fingerprint density at radius 2 is 1.65 bits per heavy atom. The van der Waals surface area contributed by atoms with Crippen molar-refractivity contribution in [1.82, 2.24) is 0 Å². The summed E-state index contributed by atoms with van der Waals surface area (Å²) in [5, 5.41) is 2.99. The highest BCUT2D eigenvalue weighted by Crippen LogP contribution is 2.27. The molecule has 3 heteroatoms. The zero-order chi connectivity index (χ0) is 14.2. The summed E-state index contributed by atoms with van der Waals surface area (Å²) >= 11 is 5.62. The first-order chi connectivity index (χ1) is 9.81. The van der Waals surface area contributed by atoms with Crippen LogP contribution in [0, 0.1) is 0 Å². The van der Waals surface area contributed by atoms with Crippen LogP contribution in [0.5, 0.6) is 0 Å². The zero-order valence-electron chi connectivity index (χ0n) is 11.3. The molecule has 2 aromatic rings. The first kappa shape index (κ1) is 14.6. The second-order valence-electron chi connectivity index (χ2n) is 4.61. The molecule has 0 unspecified atom stereocenters. The number of hydrogen-bond acceptors (Lipinski definition) is 1. The van der Waals surface area contributed by atoms with E-state index in [9.17, 15) is 4.79 Å². The predicted molar refractivity (Wildman–Crippen MR) is 85.1 cm³/mol. The molecule has 0 saturated heterocycles. The SMILES string of the molecule is O=C(CCCCCl)Nc1ccccc1-c1ccccc1. The third-order valence-corrected chi connectivity index (χ3v) is 3.34. The maximum absolute atomic E-state index is 11.9. The molecule has 0 saturated carbocycles. The highest BCUT2D eigenvalue weighted by molar-refractivity contribution is 6.17. The van der Waals surface area contributed by atoms with Crippen LogP contribution in [0.1, 0.15) is 19.3 Å². The van der Waals surface area contributed by atoms with Gasteiger partial charge in [0, 0.05) is 23.6 Å². The van der Waals surface area contributed by atoms with Crippen LogP contribution in [0.15, 0.2) is 54.6 Å². The van der Waals surface area contributed by atoms with E-state index in [1.807, 2.05) is 54.6 Å². The number of nitrogens with one attached hydrogen (secondary N) is 1. The van der Waals surface area contributed by atoms with Gasteiger partial charge in [0.05, 0.1) is 0 Å². The van der Waals surface area contributed by atoms with E-state index < -0.39 is 0 Å². The van der Waals surface area contributed by atoms with Crippen molar-refractivity contribution in [3.05, 3.63) is 54.6 Å². The Morgan fingerprint density at radius 1 is 0.950 bits per heavy atom. The van der Waals surface area contributed by atoms with E-state index in [-0.39, 0.29) is 5.91 Å². The Hall–Kier alpha value is -1.80. The average Bonchev–Trinajstić information content (AvgIpc) is 2.49. The summed E-state index contributed by atoms with van der Waals surface area (Å²) in [5.74, 6) is 0.645. The van der Waals surface area contributed by atoms with Gasteiger partial charge in [0.2, 0.25) is 5.91 Å². The fraction of sp³-hybridized carbons (Fsp3) is 0.235. The molecular weight excluding hydrogens is 270 g/mol. The van der Waals surface area contributed by atoms with Gasteiger partial charge in [-0.25, -0.2) is 0 Å². The third kappa shape index (κ3) is 4.10. The topological polar surface area (TPSA) is 29.1 Å². The van der Waals surface area contributed by atoms with Gasteiger partial charge in [0.15, 0.2) is 0 Å². The minimum atomic E-state index is 0.0403. The molecule has 2 aromatic carbocycles. The standard InChI is InChI=1S/C17H18ClNO/c18-13-7-6-12-17(20)19-16-11-5-4-10-15(16)14-8-2-1-3-9-14/h1-5,8-11H,6-7,12-13H2,(H,19,20). The minimum absolute atomic E-state index is 0.0403. The molecule has 104 valence electrons. The van der Waals surface area contributed by atoms with Crippen LogP contribution >= 0.6 is 11.6 Å². The number of unbranched alkanes of at least 4 members (excludes halogenated alkanes) is 1. The van der Waals surface area contributed by atoms with E-state index in [4.69, 9.17) is 11.6 Å². The number of anilines is 1. The van der Waals surface area contributed by atoms with E-state index >= 15 is 0 Å². The molecule has 0 heterocycles. The monoisotopic (exact) mass is 287 g/mol. The van der Waals surface area contributed by atoms with E-state index in [1.165, 1.54) is 0 Å². The largest absolute Gasteiger partial charge is 0.326 e. The van der Waals surface area contributed by atoms with Crippen molar-refractivity contribution < 1.29 is 4.79 Å². The van der Waals surface area contributed by atoms with Gasteiger partial charge in [0.1, 0.15) is 0 Å². The number of carbonyl (C=O) groups excluding carboxylic acids is 1. The highest BCUT2D eigenvalue weighted by atomic mass is 35.5. The minimum Gasteiger partial charge on any atom is -0.326 e. The summed E-state index contributed by atoms with van der Waals surface area (Å²) < 4.78 is 0. The Balaban J connectivity index is 2.11. The molecule has 1 N–H and O–H groups in total. The van der Waals surface area contributed by atoms with Crippen molar-refractivity contribution in [2.45, 2.75) is 19.3 Å². The van der Waals surface area contributed by atoms with Crippen molar-refractivity contribution in [1.29, 1.82) is 0 Å². The molecule has 20 heavy (non-hydrogen) atoms. The number of para-hydroxylation sites is 1. The van der Waals surface area contributed by atoms with Crippen LogP contribution in [0.2, 0.25) is 0 Å². The van der Waals surface area contributed by atoms with Gasteiger partial charge >= 0.3 is 0 Å². The lowest BCUT2D eigenvalue weighted by molar-refractivity contribution is -0.116. The fourth-order valence-corrected chi connectivity index (χ4v) is 2.24. The number of hydrogen-bond donors (Lipinski definition) is 1. The summed E-state index contributed by atoms with van der Waals surface area (Å²) in [7, 11) is 0. The van der Waals surface area contributed by atoms with Crippen LogP contribution in [-0.2, 0) is 4.79 Å². The smallest absolute Gasteiger partial charge is 0.224 e.